The predicted octanol–water partition coefficient (Wildman–Crippen LogP) is -2.12. The van der Waals surface area contributed by atoms with Gasteiger partial charge >= 0.3 is 23.9 Å². The van der Waals surface area contributed by atoms with Gasteiger partial charge in [0.25, 0.3) is 0 Å². The zero-order chi connectivity index (χ0) is 44.9. The molecule has 328 valence electrons. The number of nitrogens with zero attached hydrogens (tertiary/aromatic N) is 4. The van der Waals surface area contributed by atoms with E-state index in [1.807, 2.05) is 0 Å². The molecule has 0 aliphatic carbocycles. The van der Waals surface area contributed by atoms with Gasteiger partial charge in [-0.05, 0) is 12.8 Å². The van der Waals surface area contributed by atoms with E-state index in [4.69, 9.17) is 43.4 Å². The van der Waals surface area contributed by atoms with E-state index in [-0.39, 0.29) is 73.1 Å². The van der Waals surface area contributed by atoms with Crippen LogP contribution in [0.15, 0.2) is 24.8 Å². The second kappa shape index (κ2) is 25.5. The molecular formula is C34H47N11O13S2. The number of aliphatic carboxylic acids is 4. The summed E-state index contributed by atoms with van der Waals surface area (Å²) < 4.78 is 0. The molecule has 2 unspecified atom stereocenters. The molecule has 2 rings (SSSR count). The molecule has 0 aromatic carbocycles. The maximum atomic E-state index is 14.0. The van der Waals surface area contributed by atoms with Gasteiger partial charge in [-0.3, -0.25) is 53.1 Å². The van der Waals surface area contributed by atoms with Crippen molar-refractivity contribution < 1.29 is 63.6 Å². The van der Waals surface area contributed by atoms with Crippen LogP contribution in [-0.4, -0.2) is 136 Å². The van der Waals surface area contributed by atoms with Gasteiger partial charge in [-0.25, -0.2) is 9.97 Å². The number of carbonyl (C=O) groups is 9. The van der Waals surface area contributed by atoms with E-state index in [0.717, 1.165) is 23.5 Å². The van der Waals surface area contributed by atoms with Gasteiger partial charge < -0.3 is 59.3 Å². The number of thioether (sulfide) groups is 2. The maximum Gasteiger partial charge on any atom is 0.322 e. The smallest absolute Gasteiger partial charge is 0.322 e. The highest BCUT2D eigenvalue weighted by molar-refractivity contribution is 7.99. The van der Waals surface area contributed by atoms with E-state index >= 15 is 0 Å². The van der Waals surface area contributed by atoms with Crippen LogP contribution in [-0.2, 0) is 43.2 Å². The summed E-state index contributed by atoms with van der Waals surface area (Å²) in [5, 5.41) is 41.3. The summed E-state index contributed by atoms with van der Waals surface area (Å²) in [5.74, 6) is -10.6. The number of hydrogen-bond donors (Lipinski definition) is 11. The first-order chi connectivity index (χ1) is 28.3. The van der Waals surface area contributed by atoms with Crippen LogP contribution in [0.3, 0.4) is 0 Å². The molecule has 0 radical (unpaired) electrons. The van der Waals surface area contributed by atoms with Crippen LogP contribution in [0.5, 0.6) is 0 Å². The highest BCUT2D eigenvalue weighted by Gasteiger charge is 2.31. The third-order valence-electron chi connectivity index (χ3n) is 8.29. The first-order valence-electron chi connectivity index (χ1n) is 17.9. The fraction of sp³-hybridized carbons (Fsp3) is 0.500. The van der Waals surface area contributed by atoms with Gasteiger partial charge in [0, 0.05) is 68.4 Å². The Balaban J connectivity index is 2.38. The predicted molar refractivity (Wildman–Crippen MR) is 214 cm³/mol. The number of carboxylic acid groups (broad SMARTS) is 4. The molecule has 60 heavy (non-hydrogen) atoms. The Labute approximate surface area is 350 Å². The number of hydrogen-bond acceptors (Lipinski definition) is 19. The number of rotatable bonds is 29. The Morgan fingerprint density at radius 2 is 1.05 bits per heavy atom. The molecule has 0 saturated heterocycles. The topological polar surface area (TPSA) is 426 Å². The second-order valence-corrected chi connectivity index (χ2v) is 15.5. The molecule has 0 saturated carbocycles. The van der Waals surface area contributed by atoms with Gasteiger partial charge in [-0.1, -0.05) is 0 Å². The monoisotopic (exact) mass is 881 g/mol. The zero-order valence-electron chi connectivity index (χ0n) is 31.9. The molecule has 2 heterocycles. The van der Waals surface area contributed by atoms with Crippen LogP contribution in [0.2, 0.25) is 0 Å². The van der Waals surface area contributed by atoms with E-state index in [9.17, 15) is 43.2 Å². The van der Waals surface area contributed by atoms with Crippen molar-refractivity contribution >= 4 is 88.3 Å². The molecule has 0 aliphatic rings. The molecule has 26 heteroatoms. The standard InChI is InChI=1S/C34H47N11O13S2/c35-19(33(55)56)2-1-17(46)9-16(31(53)43-12-25(49)50)14-59-22(27-29(37)41-7-5-39-27)10-18(47)11-23(28-30(38)42-8-6-40-28)60-15-21(32(54)44-13-26(51)52)45-24(48)4-3-20(36)34(57)58/h5-8,16,19-23H,1-4,9-15,35-36H2,(H2,37,41)(H2,38,42)(H,43,53)(H,44,54)(H,45,48)(H,49,50)(H,51,52)(H,55,56)(H,57,58)/t16-,19+,20-,21-,22?,23?/m0/s1. The van der Waals surface area contributed by atoms with Crippen LogP contribution in [0, 0.1) is 5.92 Å². The van der Waals surface area contributed by atoms with E-state index in [2.05, 4.69) is 35.9 Å². The number of aromatic nitrogens is 4. The lowest BCUT2D eigenvalue weighted by Crippen LogP contribution is -2.49. The number of nitrogen functional groups attached to an aromatic ring is 2. The molecule has 15 N–H and O–H groups in total. The molecule has 0 fully saturated rings. The van der Waals surface area contributed by atoms with Crippen molar-refractivity contribution in [1.82, 2.24) is 35.9 Å². The van der Waals surface area contributed by atoms with Crippen LogP contribution >= 0.6 is 23.5 Å². The summed E-state index contributed by atoms with van der Waals surface area (Å²) in [6.45, 7) is -1.55. The minimum Gasteiger partial charge on any atom is -0.480 e. The van der Waals surface area contributed by atoms with Crippen LogP contribution in [0.4, 0.5) is 11.6 Å². The number of ketones is 2. The number of carbonyl (C=O) groups excluding carboxylic acids is 5. The number of nitrogens with one attached hydrogen (secondary N) is 3. The van der Waals surface area contributed by atoms with E-state index in [1.165, 1.54) is 24.8 Å². The average molecular weight is 882 g/mol. The van der Waals surface area contributed by atoms with Crippen molar-refractivity contribution in [3.63, 3.8) is 0 Å². The highest BCUT2D eigenvalue weighted by Crippen LogP contribution is 2.39. The quantitative estimate of drug-likeness (QED) is 0.0416. The van der Waals surface area contributed by atoms with Gasteiger partial charge in [0.15, 0.2) is 0 Å². The van der Waals surface area contributed by atoms with E-state index in [1.54, 1.807) is 0 Å². The van der Waals surface area contributed by atoms with Crippen molar-refractivity contribution in [3.05, 3.63) is 36.2 Å². The summed E-state index contributed by atoms with van der Waals surface area (Å²) >= 11 is 1.94. The fourth-order valence-corrected chi connectivity index (χ4v) is 7.80. The summed E-state index contributed by atoms with van der Waals surface area (Å²) in [5.41, 5.74) is 23.5. The lowest BCUT2D eigenvalue weighted by molar-refractivity contribution is -0.140. The lowest BCUT2D eigenvalue weighted by atomic mass is 9.99. The lowest BCUT2D eigenvalue weighted by Gasteiger charge is -2.23. The third kappa shape index (κ3) is 18.3. The van der Waals surface area contributed by atoms with Crippen LogP contribution < -0.4 is 38.9 Å². The normalized spacial score (nSPS) is 14.0. The summed E-state index contributed by atoms with van der Waals surface area (Å²) in [4.78, 5) is 127. The number of anilines is 2. The van der Waals surface area contributed by atoms with Gasteiger partial charge in [0.1, 0.15) is 54.4 Å². The molecule has 24 nitrogen and oxygen atoms in total. The number of Topliss-reactive ketones (excluding diaryl/α,β-unsaturated/α-hetero) is 2. The van der Waals surface area contributed by atoms with E-state index in [0.29, 0.717) is 0 Å². The first kappa shape index (κ1) is 50.2. The first-order valence-corrected chi connectivity index (χ1v) is 20.0. The Hall–Kier alpha value is -5.99. The largest absolute Gasteiger partial charge is 0.480 e. The van der Waals surface area contributed by atoms with Crippen molar-refractivity contribution in [1.29, 1.82) is 0 Å². The Morgan fingerprint density at radius 3 is 1.52 bits per heavy atom. The molecule has 0 bridgehead atoms. The van der Waals surface area contributed by atoms with Gasteiger partial charge in [-0.15, -0.1) is 11.8 Å². The SMILES string of the molecule is Nc1nccnc1C(CC(=O)CC(SC[C@H](NC(=O)CC[C@H](N)C(=O)O)C(=O)NCC(=O)O)c1nccnc1N)SC[C@H](CC(=O)CC[C@@H](N)C(=O)O)C(=O)NCC(=O)O. The van der Waals surface area contributed by atoms with Gasteiger partial charge in [-0.2, -0.15) is 11.8 Å². The van der Waals surface area contributed by atoms with Gasteiger partial charge in [0.05, 0.1) is 27.8 Å². The van der Waals surface area contributed by atoms with Crippen molar-refractivity contribution in [3.8, 4) is 0 Å². The third-order valence-corrected chi connectivity index (χ3v) is 11.0. The van der Waals surface area contributed by atoms with E-state index < -0.39 is 107 Å². The number of nitrogens with two attached hydrogens (primary N) is 4. The highest BCUT2D eigenvalue weighted by atomic mass is 32.2. The maximum absolute atomic E-state index is 14.0. The second-order valence-electron chi connectivity index (χ2n) is 13.0. The van der Waals surface area contributed by atoms with Gasteiger partial charge in [0.2, 0.25) is 17.7 Å². The minimum atomic E-state index is -1.40. The summed E-state index contributed by atoms with van der Waals surface area (Å²) in [6.07, 6.45) is 2.99. The Kier molecular flexibility index (Phi) is 21.3. The average Bonchev–Trinajstić information content (AvgIpc) is 3.19. The minimum absolute atomic E-state index is 0.0622. The summed E-state index contributed by atoms with van der Waals surface area (Å²) in [6, 6.07) is -4.09. The van der Waals surface area contributed by atoms with Crippen molar-refractivity contribution in [2.24, 2.45) is 17.4 Å². The molecule has 0 aliphatic heterocycles. The number of amides is 3. The Morgan fingerprint density at radius 1 is 0.600 bits per heavy atom. The van der Waals surface area contributed by atoms with Crippen molar-refractivity contribution in [2.45, 2.75) is 73.6 Å². The molecule has 3 amide bonds. The summed E-state index contributed by atoms with van der Waals surface area (Å²) in [7, 11) is 0. The molecule has 2 aromatic rings. The van der Waals surface area contributed by atoms with Crippen LogP contribution in [0.1, 0.15) is 66.8 Å². The Bertz CT molecular complexity index is 1750. The fourth-order valence-electron chi connectivity index (χ4n) is 5.12. The van der Waals surface area contributed by atoms with Crippen molar-refractivity contribution in [2.75, 3.05) is 36.1 Å². The molecule has 0 spiro atoms. The molecule has 2 aromatic heterocycles. The molecular weight excluding hydrogens is 835 g/mol. The van der Waals surface area contributed by atoms with Crippen LogP contribution in [0.25, 0.3) is 0 Å². The number of carboxylic acids is 4. The zero-order valence-corrected chi connectivity index (χ0v) is 33.6. The molecule has 6 atom stereocenters.